The van der Waals surface area contributed by atoms with Gasteiger partial charge in [-0.05, 0) is 35.9 Å². The first-order valence-electron chi connectivity index (χ1n) is 6.66. The number of aryl methyl sites for hydroxylation is 1. The Morgan fingerprint density at radius 2 is 1.64 bits per heavy atom. The summed E-state index contributed by atoms with van der Waals surface area (Å²) in [6.07, 6.45) is 4.11. The van der Waals surface area contributed by atoms with Crippen LogP contribution in [0.3, 0.4) is 0 Å². The van der Waals surface area contributed by atoms with Gasteiger partial charge in [0.1, 0.15) is 7.05 Å². The molecule has 0 atom stereocenters. The number of hydrogen-bond donors (Lipinski definition) is 0. The van der Waals surface area contributed by atoms with E-state index in [-0.39, 0.29) is 24.0 Å². The van der Waals surface area contributed by atoms with Crippen molar-refractivity contribution < 1.29 is 28.5 Å². The van der Waals surface area contributed by atoms with Crippen LogP contribution in [-0.4, -0.2) is 0 Å². The molecule has 0 N–H and O–H groups in total. The van der Waals surface area contributed by atoms with Gasteiger partial charge in [0.2, 0.25) is 11.2 Å². The molecule has 1 heterocycles. The molecule has 1 nitrogen and oxygen atoms in total. The fourth-order valence-corrected chi connectivity index (χ4v) is 2.63. The van der Waals surface area contributed by atoms with Gasteiger partial charge in [-0.2, -0.15) is 4.57 Å². The maximum absolute atomic E-state index is 6.03. The minimum absolute atomic E-state index is 0. The second-order valence-corrected chi connectivity index (χ2v) is 5.70. The zero-order valence-corrected chi connectivity index (χ0v) is 15.6. The molecule has 0 aliphatic heterocycles. The van der Waals surface area contributed by atoms with Crippen molar-refractivity contribution in [3.8, 4) is 0 Å². The monoisotopic (exact) mass is 441 g/mol. The van der Waals surface area contributed by atoms with Crippen molar-refractivity contribution in [1.82, 2.24) is 0 Å². The summed E-state index contributed by atoms with van der Waals surface area (Å²) >= 11 is 12.0. The Morgan fingerprint density at radius 3 is 2.41 bits per heavy atom. The second kappa shape index (κ2) is 7.44. The Hall–Kier alpha value is -1.10. The van der Waals surface area contributed by atoms with Gasteiger partial charge in [-0.3, -0.25) is 0 Å². The van der Waals surface area contributed by atoms with Crippen LogP contribution in [0.2, 0.25) is 10.0 Å². The number of pyridine rings is 1. The summed E-state index contributed by atoms with van der Waals surface area (Å²) in [6.45, 7) is 0. The highest BCUT2D eigenvalue weighted by atomic mass is 127. The van der Waals surface area contributed by atoms with Crippen molar-refractivity contribution >= 4 is 46.3 Å². The van der Waals surface area contributed by atoms with Gasteiger partial charge >= 0.3 is 0 Å². The number of benzene rings is 2. The number of fused-ring (bicyclic) bond motifs is 1. The van der Waals surface area contributed by atoms with Gasteiger partial charge in [-0.25, -0.2) is 0 Å². The lowest BCUT2D eigenvalue weighted by Crippen LogP contribution is -3.00. The van der Waals surface area contributed by atoms with E-state index in [2.05, 4.69) is 48.0 Å². The van der Waals surface area contributed by atoms with Crippen LogP contribution in [0.1, 0.15) is 11.3 Å². The zero-order valence-electron chi connectivity index (χ0n) is 11.9. The van der Waals surface area contributed by atoms with Crippen molar-refractivity contribution in [2.75, 3.05) is 0 Å². The molecular formula is C18H14Cl2IN. The van der Waals surface area contributed by atoms with Crippen LogP contribution in [0.4, 0.5) is 0 Å². The van der Waals surface area contributed by atoms with Crippen molar-refractivity contribution in [3.63, 3.8) is 0 Å². The first-order valence-corrected chi connectivity index (χ1v) is 7.42. The van der Waals surface area contributed by atoms with E-state index in [9.17, 15) is 0 Å². The van der Waals surface area contributed by atoms with Crippen LogP contribution < -0.4 is 28.5 Å². The minimum Gasteiger partial charge on any atom is -1.00 e. The van der Waals surface area contributed by atoms with Crippen LogP contribution >= 0.6 is 23.2 Å². The molecule has 3 aromatic rings. The molecule has 4 heteroatoms. The molecule has 0 radical (unpaired) electrons. The summed E-state index contributed by atoms with van der Waals surface area (Å²) in [7, 11) is 2.07. The standard InChI is InChI=1S/C18H14Cl2N.HI/c1-21-15(10-8-14-4-2-3-5-18(14)21)9-6-13-7-11-16(19)17(20)12-13;/h2-12H,1H3;1H/q+1;/p-1. The lowest BCUT2D eigenvalue weighted by Gasteiger charge is -2.00. The maximum atomic E-state index is 6.03. The van der Waals surface area contributed by atoms with E-state index < -0.39 is 0 Å². The molecule has 112 valence electrons. The van der Waals surface area contributed by atoms with Crippen molar-refractivity contribution in [1.29, 1.82) is 0 Å². The average molecular weight is 442 g/mol. The lowest BCUT2D eigenvalue weighted by atomic mass is 10.1. The summed E-state index contributed by atoms with van der Waals surface area (Å²) in [5.41, 5.74) is 3.35. The predicted molar refractivity (Wildman–Crippen MR) is 90.5 cm³/mol. The van der Waals surface area contributed by atoms with Crippen LogP contribution in [-0.2, 0) is 7.05 Å². The number of halogens is 3. The van der Waals surface area contributed by atoms with Gasteiger partial charge in [0.15, 0.2) is 0 Å². The average Bonchev–Trinajstić information content (AvgIpc) is 2.50. The molecular weight excluding hydrogens is 428 g/mol. The topological polar surface area (TPSA) is 3.88 Å². The summed E-state index contributed by atoms with van der Waals surface area (Å²) < 4.78 is 2.17. The Bertz CT molecular complexity index is 844. The summed E-state index contributed by atoms with van der Waals surface area (Å²) in [4.78, 5) is 0. The summed E-state index contributed by atoms with van der Waals surface area (Å²) in [5, 5.41) is 2.37. The van der Waals surface area contributed by atoms with Crippen LogP contribution in [0, 0.1) is 0 Å². The van der Waals surface area contributed by atoms with Gasteiger partial charge in [0, 0.05) is 23.6 Å². The van der Waals surface area contributed by atoms with Gasteiger partial charge < -0.3 is 24.0 Å². The lowest BCUT2D eigenvalue weighted by molar-refractivity contribution is -0.646. The summed E-state index contributed by atoms with van der Waals surface area (Å²) in [5.74, 6) is 0. The van der Waals surface area contributed by atoms with Crippen molar-refractivity contribution in [2.24, 2.45) is 7.05 Å². The van der Waals surface area contributed by atoms with Crippen LogP contribution in [0.5, 0.6) is 0 Å². The molecule has 22 heavy (non-hydrogen) atoms. The second-order valence-electron chi connectivity index (χ2n) is 4.88. The van der Waals surface area contributed by atoms with E-state index in [0.29, 0.717) is 10.0 Å². The molecule has 0 unspecified atom stereocenters. The third-order valence-electron chi connectivity index (χ3n) is 3.51. The first kappa shape index (κ1) is 17.3. The number of para-hydroxylation sites is 1. The predicted octanol–water partition coefficient (Wildman–Crippen LogP) is 2.15. The normalized spacial score (nSPS) is 10.9. The molecule has 0 saturated heterocycles. The van der Waals surface area contributed by atoms with E-state index in [1.165, 1.54) is 10.9 Å². The van der Waals surface area contributed by atoms with Gasteiger partial charge in [0.05, 0.1) is 10.0 Å². The highest BCUT2D eigenvalue weighted by Crippen LogP contribution is 2.23. The number of nitrogens with zero attached hydrogens (tertiary/aromatic N) is 1. The number of hydrogen-bond acceptors (Lipinski definition) is 0. The van der Waals surface area contributed by atoms with Gasteiger partial charge in [-0.1, -0.05) is 41.4 Å². The quantitative estimate of drug-likeness (QED) is 0.423. The molecule has 0 bridgehead atoms. The van der Waals surface area contributed by atoms with E-state index in [4.69, 9.17) is 23.2 Å². The molecule has 2 aromatic carbocycles. The molecule has 1 aromatic heterocycles. The molecule has 3 rings (SSSR count). The van der Waals surface area contributed by atoms with E-state index in [1.807, 2.05) is 30.3 Å². The largest absolute Gasteiger partial charge is 1.00 e. The Balaban J connectivity index is 0.00000176. The number of aromatic nitrogens is 1. The van der Waals surface area contributed by atoms with E-state index in [0.717, 1.165) is 11.3 Å². The zero-order chi connectivity index (χ0) is 14.8. The van der Waals surface area contributed by atoms with Gasteiger partial charge in [0.25, 0.3) is 0 Å². The smallest absolute Gasteiger partial charge is 0.212 e. The fourth-order valence-electron chi connectivity index (χ4n) is 2.32. The van der Waals surface area contributed by atoms with Gasteiger partial charge in [-0.15, -0.1) is 0 Å². The first-order chi connectivity index (χ1) is 10.1. The van der Waals surface area contributed by atoms with Crippen LogP contribution in [0.25, 0.3) is 23.1 Å². The SMILES string of the molecule is C[n+]1c(C=Cc2ccc(Cl)c(Cl)c2)ccc2ccccc21.[I-]. The molecule has 0 fully saturated rings. The highest BCUT2D eigenvalue weighted by molar-refractivity contribution is 6.42. The number of rotatable bonds is 2. The maximum Gasteiger partial charge on any atom is 0.212 e. The Labute approximate surface area is 157 Å². The molecule has 0 saturated carbocycles. The van der Waals surface area contributed by atoms with Crippen molar-refractivity contribution in [2.45, 2.75) is 0 Å². The molecule has 0 spiro atoms. The molecule has 0 aliphatic rings. The minimum atomic E-state index is 0. The molecule has 0 aliphatic carbocycles. The van der Waals surface area contributed by atoms with E-state index >= 15 is 0 Å². The Morgan fingerprint density at radius 1 is 0.864 bits per heavy atom. The molecule has 0 amide bonds. The third-order valence-corrected chi connectivity index (χ3v) is 4.25. The Kier molecular flexibility index (Phi) is 5.84. The van der Waals surface area contributed by atoms with Crippen molar-refractivity contribution in [3.05, 3.63) is 75.9 Å². The summed E-state index contributed by atoms with van der Waals surface area (Å²) in [6, 6.07) is 18.2. The third kappa shape index (κ3) is 3.62. The van der Waals surface area contributed by atoms with E-state index in [1.54, 1.807) is 0 Å². The fraction of sp³-hybridized carbons (Fsp3) is 0.0556. The van der Waals surface area contributed by atoms with Crippen LogP contribution in [0.15, 0.2) is 54.6 Å². The highest BCUT2D eigenvalue weighted by Gasteiger charge is 2.08.